The summed E-state index contributed by atoms with van der Waals surface area (Å²) in [6.07, 6.45) is 4.90. The van der Waals surface area contributed by atoms with Gasteiger partial charge in [-0.05, 0) is 54.5 Å². The van der Waals surface area contributed by atoms with Gasteiger partial charge in [-0.1, -0.05) is 18.5 Å². The van der Waals surface area contributed by atoms with Crippen LogP contribution in [0.1, 0.15) is 25.8 Å². The Morgan fingerprint density at radius 2 is 2.10 bits per heavy atom. The Labute approximate surface area is 179 Å². The zero-order valence-electron chi connectivity index (χ0n) is 16.8. The lowest BCUT2D eigenvalue weighted by molar-refractivity contribution is -0.117. The molecule has 1 aliphatic carbocycles. The quantitative estimate of drug-likeness (QED) is 0.605. The van der Waals surface area contributed by atoms with Gasteiger partial charge in [-0.25, -0.2) is 9.97 Å². The van der Waals surface area contributed by atoms with Crippen molar-refractivity contribution in [2.75, 3.05) is 11.9 Å². The van der Waals surface area contributed by atoms with Crippen LogP contribution in [0.2, 0.25) is 5.02 Å². The van der Waals surface area contributed by atoms with Gasteiger partial charge in [0.25, 0.3) is 0 Å². The van der Waals surface area contributed by atoms with Crippen molar-refractivity contribution in [3.05, 3.63) is 47.2 Å². The Bertz CT molecular complexity index is 1170. The van der Waals surface area contributed by atoms with Crippen molar-refractivity contribution in [3.63, 3.8) is 0 Å². The molecule has 7 heteroatoms. The molecule has 2 heterocycles. The highest BCUT2D eigenvalue weighted by Gasteiger charge is 2.43. The number of pyridine rings is 2. The number of nitrogens with zero attached hydrogens (tertiary/aromatic N) is 3. The molecule has 3 aromatic rings. The van der Waals surface area contributed by atoms with Crippen LogP contribution >= 0.6 is 11.6 Å². The lowest BCUT2D eigenvalue weighted by Crippen LogP contribution is -2.15. The Kier molecular flexibility index (Phi) is 5.56. The monoisotopic (exact) mass is 420 g/mol. The highest BCUT2D eigenvalue weighted by Crippen LogP contribution is 2.39. The second-order valence-corrected chi connectivity index (χ2v) is 7.69. The summed E-state index contributed by atoms with van der Waals surface area (Å²) in [4.78, 5) is 21.0. The normalized spacial score (nSPS) is 17.4. The van der Waals surface area contributed by atoms with E-state index in [-0.39, 0.29) is 17.7 Å². The van der Waals surface area contributed by atoms with Crippen LogP contribution in [0.25, 0.3) is 21.9 Å². The molecule has 0 bridgehead atoms. The third kappa shape index (κ3) is 3.94. The minimum absolute atomic E-state index is 0.167. The maximum Gasteiger partial charge on any atom is 0.230 e. The average Bonchev–Trinajstić information content (AvgIpc) is 3.54. The summed E-state index contributed by atoms with van der Waals surface area (Å²) < 4.78 is 5.52. The van der Waals surface area contributed by atoms with Crippen molar-refractivity contribution in [2.45, 2.75) is 26.7 Å². The van der Waals surface area contributed by atoms with E-state index in [2.05, 4.69) is 28.3 Å². The molecule has 152 valence electrons. The minimum atomic E-state index is -0.246. The second kappa shape index (κ2) is 8.29. The molecule has 0 spiro atoms. The molecule has 1 amide bonds. The summed E-state index contributed by atoms with van der Waals surface area (Å²) in [5, 5.41) is 14.0. The van der Waals surface area contributed by atoms with Crippen molar-refractivity contribution >= 4 is 34.1 Å². The summed E-state index contributed by atoms with van der Waals surface area (Å²) >= 11 is 6.54. The first-order valence-corrected chi connectivity index (χ1v) is 10.3. The molecular weight excluding hydrogens is 400 g/mol. The van der Waals surface area contributed by atoms with E-state index in [1.807, 2.05) is 25.1 Å². The third-order valence-corrected chi connectivity index (χ3v) is 5.59. The summed E-state index contributed by atoms with van der Waals surface area (Å²) in [6.45, 7) is 4.58. The Hall–Kier alpha value is -3.17. The maximum absolute atomic E-state index is 12.3. The number of aryl methyl sites for hydroxylation is 1. The van der Waals surface area contributed by atoms with E-state index < -0.39 is 0 Å². The second-order valence-electron chi connectivity index (χ2n) is 7.28. The first-order chi connectivity index (χ1) is 14.5. The van der Waals surface area contributed by atoms with Crippen molar-refractivity contribution in [2.24, 2.45) is 11.8 Å². The first-order valence-electron chi connectivity index (χ1n) is 9.95. The Balaban J connectivity index is 1.69. The molecule has 0 saturated heterocycles. The average molecular weight is 421 g/mol. The van der Waals surface area contributed by atoms with Crippen LogP contribution in [0.3, 0.4) is 0 Å². The van der Waals surface area contributed by atoms with Gasteiger partial charge < -0.3 is 10.1 Å². The molecule has 1 saturated carbocycles. The third-order valence-electron chi connectivity index (χ3n) is 5.28. The molecule has 6 nitrogen and oxygen atoms in total. The van der Waals surface area contributed by atoms with Crippen LogP contribution in [-0.4, -0.2) is 22.5 Å². The highest BCUT2D eigenvalue weighted by molar-refractivity contribution is 6.36. The predicted molar refractivity (Wildman–Crippen MR) is 116 cm³/mol. The summed E-state index contributed by atoms with van der Waals surface area (Å²) in [6, 6.07) is 9.81. The number of halogens is 1. The topological polar surface area (TPSA) is 87.9 Å². The Morgan fingerprint density at radius 3 is 2.80 bits per heavy atom. The molecule has 0 radical (unpaired) electrons. The zero-order valence-corrected chi connectivity index (χ0v) is 17.5. The standard InChI is InChI=1S/C23H21ClN4O2/c1-3-13-9-22(30-4-2)27-11-18(13)14-5-15-8-21(26-12-19(15)20(24)7-14)28-23(29)17-6-16(17)10-25/h5,7-9,11-12,16-17H,3-4,6H2,1-2H3,(H,26,28,29). The molecule has 1 aliphatic rings. The van der Waals surface area contributed by atoms with Crippen LogP contribution in [-0.2, 0) is 11.2 Å². The summed E-state index contributed by atoms with van der Waals surface area (Å²) in [7, 11) is 0. The van der Waals surface area contributed by atoms with Crippen LogP contribution in [0, 0.1) is 23.2 Å². The number of amides is 1. The van der Waals surface area contributed by atoms with Gasteiger partial charge in [0.15, 0.2) is 0 Å². The lowest BCUT2D eigenvalue weighted by Gasteiger charge is -2.12. The number of anilines is 1. The first kappa shape index (κ1) is 20.1. The van der Waals surface area contributed by atoms with E-state index in [1.165, 1.54) is 0 Å². The number of aromatic nitrogens is 2. The molecule has 1 fully saturated rings. The molecular formula is C23H21ClN4O2. The van der Waals surface area contributed by atoms with Crippen molar-refractivity contribution in [3.8, 4) is 23.1 Å². The van der Waals surface area contributed by atoms with E-state index in [1.54, 1.807) is 18.5 Å². The number of hydrogen-bond donors (Lipinski definition) is 1. The van der Waals surface area contributed by atoms with Crippen molar-refractivity contribution < 1.29 is 9.53 Å². The number of benzene rings is 1. The summed E-state index contributed by atoms with van der Waals surface area (Å²) in [5.74, 6) is 0.454. The van der Waals surface area contributed by atoms with E-state index in [0.29, 0.717) is 29.7 Å². The van der Waals surface area contributed by atoms with Gasteiger partial charge in [0, 0.05) is 29.4 Å². The fourth-order valence-electron chi connectivity index (χ4n) is 3.54. The molecule has 1 aromatic carbocycles. The van der Waals surface area contributed by atoms with Crippen LogP contribution in [0.4, 0.5) is 5.82 Å². The Morgan fingerprint density at radius 1 is 1.27 bits per heavy atom. The molecule has 30 heavy (non-hydrogen) atoms. The van der Waals surface area contributed by atoms with Gasteiger partial charge in [0.05, 0.1) is 29.5 Å². The van der Waals surface area contributed by atoms with Gasteiger partial charge >= 0.3 is 0 Å². The van der Waals surface area contributed by atoms with Gasteiger partial charge in [0.2, 0.25) is 11.8 Å². The number of ether oxygens (including phenoxy) is 1. The minimum Gasteiger partial charge on any atom is -0.478 e. The fourth-order valence-corrected chi connectivity index (χ4v) is 3.81. The van der Waals surface area contributed by atoms with Gasteiger partial charge in [0.1, 0.15) is 5.82 Å². The van der Waals surface area contributed by atoms with Gasteiger partial charge in [-0.15, -0.1) is 0 Å². The largest absolute Gasteiger partial charge is 0.478 e. The zero-order chi connectivity index (χ0) is 21.3. The number of nitrogens with one attached hydrogen (secondary N) is 1. The molecule has 2 unspecified atom stereocenters. The van der Waals surface area contributed by atoms with E-state index in [9.17, 15) is 4.79 Å². The number of hydrogen-bond acceptors (Lipinski definition) is 5. The van der Waals surface area contributed by atoms with Gasteiger partial charge in [-0.2, -0.15) is 5.26 Å². The van der Waals surface area contributed by atoms with Crippen molar-refractivity contribution in [1.82, 2.24) is 9.97 Å². The fraction of sp³-hybridized carbons (Fsp3) is 0.304. The number of rotatable bonds is 6. The molecule has 2 atom stereocenters. The van der Waals surface area contributed by atoms with Crippen LogP contribution < -0.4 is 10.1 Å². The lowest BCUT2D eigenvalue weighted by atomic mass is 9.98. The van der Waals surface area contributed by atoms with E-state index in [4.69, 9.17) is 21.6 Å². The number of fused-ring (bicyclic) bond motifs is 1. The molecule has 0 aliphatic heterocycles. The molecule has 1 N–H and O–H groups in total. The van der Waals surface area contributed by atoms with Crippen LogP contribution in [0.15, 0.2) is 36.7 Å². The number of carbonyl (C=O) groups excluding carboxylic acids is 1. The van der Waals surface area contributed by atoms with Crippen molar-refractivity contribution in [1.29, 1.82) is 5.26 Å². The summed E-state index contributed by atoms with van der Waals surface area (Å²) in [5.41, 5.74) is 3.04. The maximum atomic E-state index is 12.3. The number of nitriles is 1. The van der Waals surface area contributed by atoms with E-state index in [0.717, 1.165) is 33.9 Å². The SMILES string of the molecule is CCOc1cc(CC)c(-c2cc(Cl)c3cnc(NC(=O)C4CC4C#N)cc3c2)cn1. The number of carbonyl (C=O) groups is 1. The van der Waals surface area contributed by atoms with Crippen LogP contribution in [0.5, 0.6) is 5.88 Å². The highest BCUT2D eigenvalue weighted by atomic mass is 35.5. The van der Waals surface area contributed by atoms with Gasteiger partial charge in [-0.3, -0.25) is 4.79 Å². The molecule has 2 aromatic heterocycles. The van der Waals surface area contributed by atoms with E-state index >= 15 is 0 Å². The smallest absolute Gasteiger partial charge is 0.230 e. The predicted octanol–water partition coefficient (Wildman–Crippen LogP) is 5.01. The molecule has 4 rings (SSSR count).